The second-order valence-corrected chi connectivity index (χ2v) is 38.7. The first-order valence-electron chi connectivity index (χ1n) is 44.2. The molecule has 9 aromatic rings. The van der Waals surface area contributed by atoms with Crippen LogP contribution in [0.3, 0.4) is 0 Å². The minimum atomic E-state index is -0.617. The van der Waals surface area contributed by atoms with Crippen LogP contribution in [0.25, 0.3) is 43.5 Å². The van der Waals surface area contributed by atoms with Crippen molar-refractivity contribution in [1.82, 2.24) is 15.0 Å². The highest BCUT2D eigenvalue weighted by Crippen LogP contribution is 2.46. The first kappa shape index (κ1) is 98.1. The van der Waals surface area contributed by atoms with Gasteiger partial charge in [0.2, 0.25) is 0 Å². The summed E-state index contributed by atoms with van der Waals surface area (Å²) in [6.07, 6.45) is 47.5. The lowest BCUT2D eigenvalue weighted by atomic mass is 9.95. The van der Waals surface area contributed by atoms with Crippen LogP contribution >= 0.6 is 112 Å². The summed E-state index contributed by atoms with van der Waals surface area (Å²) in [5, 5.41) is 51.4. The maximum atomic E-state index is 13.5. The lowest BCUT2D eigenvalue weighted by Gasteiger charge is -2.12. The minimum absolute atomic E-state index is 0.0184. The Kier molecular flexibility index (Phi) is 38.1. The summed E-state index contributed by atoms with van der Waals surface area (Å²) in [5.41, 5.74) is 16.6. The Morgan fingerprint density at radius 1 is 0.331 bits per heavy atom. The number of nitrogens with one attached hydrogen (secondary N) is 3. The molecule has 6 heterocycles. The molecule has 3 aromatic heterocycles. The normalized spacial score (nSPS) is 12.4. The van der Waals surface area contributed by atoms with E-state index < -0.39 is 5.91 Å². The number of aryl methyl sites for hydroxylation is 1. The van der Waals surface area contributed by atoms with Crippen molar-refractivity contribution in [2.24, 2.45) is 15.0 Å². The number of hydrogen-bond acceptors (Lipinski definition) is 8. The number of aromatic nitrogens is 3. The zero-order valence-corrected chi connectivity index (χ0v) is 83.3. The number of halogens is 7. The van der Waals surface area contributed by atoms with Crippen LogP contribution in [0, 0.1) is 56.6 Å². The van der Waals surface area contributed by atoms with E-state index >= 15 is 0 Å². The van der Waals surface area contributed by atoms with Crippen LogP contribution in [0.1, 0.15) is 348 Å². The fourth-order valence-electron chi connectivity index (χ4n) is 16.9. The second kappa shape index (κ2) is 48.2. The van der Waals surface area contributed by atoms with Crippen LogP contribution in [0.4, 0.5) is 11.4 Å². The van der Waals surface area contributed by atoms with Gasteiger partial charge in [-0.15, -0.1) is 0 Å². The van der Waals surface area contributed by atoms with Gasteiger partial charge in [0.25, 0.3) is 17.7 Å². The number of fused-ring (bicyclic) bond motifs is 3. The van der Waals surface area contributed by atoms with E-state index in [1.54, 1.807) is 13.8 Å². The number of benzene rings is 6. The van der Waals surface area contributed by atoms with Crippen molar-refractivity contribution in [3.63, 3.8) is 0 Å². The fraction of sp³-hybridized carbons (Fsp3) is 0.426. The van der Waals surface area contributed by atoms with Gasteiger partial charge in [-0.05, 0) is 182 Å². The molecule has 3 amide bonds. The first-order chi connectivity index (χ1) is 59.9. The molecule has 0 radical (unpaired) electrons. The second-order valence-electron chi connectivity index (χ2n) is 32.7. The summed E-state index contributed by atoms with van der Waals surface area (Å²) in [6.45, 7) is 28.9. The predicted octanol–water partition coefficient (Wildman–Crippen LogP) is 32.0. The predicted molar refractivity (Wildman–Crippen MR) is 528 cm³/mol. The molecule has 0 spiro atoms. The molecule has 0 unspecified atom stereocenters. The largest absolute Gasteiger partial charge is 0.494 e. The van der Waals surface area contributed by atoms with Gasteiger partial charge in [-0.25, -0.2) is 24.7 Å². The third-order valence-electron chi connectivity index (χ3n) is 24.0. The first-order valence-corrected chi connectivity index (χ1v) is 49.8. The molecule has 0 bridgehead atoms. The molecule has 0 saturated carbocycles. The number of rotatable bonds is 42. The zero-order chi connectivity index (χ0) is 89.3. The number of nitrogens with zero attached hydrogens (tertiary/aromatic N) is 7. The smallest absolute Gasteiger partial charge is 0.280 e. The lowest BCUT2D eigenvalue weighted by Crippen LogP contribution is -2.02. The van der Waals surface area contributed by atoms with Crippen LogP contribution < -0.4 is 0 Å². The highest BCUT2D eigenvalue weighted by molar-refractivity contribution is 9.12. The standard InChI is InChI=1S/C55H83Br3N2O2.C24H12N6O2.C22H16Br4N2O2/c1-4-6-8-10-12-14-16-18-20-22-24-26-28-30-32-34-36-45-42(3)38-43(39-47(45)56)52-50-51(55(62)59-52)53(60-54(50)61)44-40-48(57)46(49(58)41-44)37-35-33-31-29-27-25-23-21-19-17-15-13-11-9-7-5-2;1-11-15(9-25)5-13(7-17(11)27-3)21-19-20(24(32)29-21)22(30-23(19)31)14-6-16(10-26)12(2)18(8-14)28-4;1-3-11-13(23)5-9(6-14(11)24)19-17-18(22(30)27-19)20(28-21(17)29)10-7-15(25)12(4-2)16(26)8-10/h38-41,59,62H,4-37H2,1-3H3;5-8,29,32H,1-2H3;5-8,27,30H,3-4H2,1-2H3. The van der Waals surface area contributed by atoms with E-state index in [1.165, 1.54) is 240 Å². The van der Waals surface area contributed by atoms with Crippen molar-refractivity contribution < 1.29 is 29.7 Å². The molecule has 0 atom stereocenters. The number of carbonyl (C=O) groups is 3. The quantitative estimate of drug-likeness (QED) is 0.0158. The summed E-state index contributed by atoms with van der Waals surface area (Å²) < 4.78 is 6.78. The Labute approximate surface area is 790 Å². The third kappa shape index (κ3) is 24.4. The molecule has 0 saturated heterocycles. The van der Waals surface area contributed by atoms with Crippen LogP contribution in [0.5, 0.6) is 17.6 Å². The fourth-order valence-corrected chi connectivity index (χ4v) is 22.8. The van der Waals surface area contributed by atoms with E-state index in [-0.39, 0.29) is 74.5 Å². The van der Waals surface area contributed by atoms with Crippen molar-refractivity contribution in [2.75, 3.05) is 0 Å². The average Bonchev–Trinajstić information content (AvgIpc) is 1.60. The van der Waals surface area contributed by atoms with Crippen molar-refractivity contribution in [3.8, 4) is 63.6 Å². The molecule has 6 aromatic carbocycles. The van der Waals surface area contributed by atoms with Gasteiger partial charge in [0.05, 0.1) is 92.9 Å². The summed E-state index contributed by atoms with van der Waals surface area (Å²) in [4.78, 5) is 67.9. The van der Waals surface area contributed by atoms with E-state index in [0.717, 1.165) is 96.8 Å². The molecule has 3 aliphatic heterocycles. The van der Waals surface area contributed by atoms with Gasteiger partial charge in [0, 0.05) is 64.7 Å². The molecule has 6 N–H and O–H groups in total. The van der Waals surface area contributed by atoms with Gasteiger partial charge in [0.15, 0.2) is 29.0 Å². The summed E-state index contributed by atoms with van der Waals surface area (Å²) in [7, 11) is 0. The van der Waals surface area contributed by atoms with Gasteiger partial charge in [-0.1, -0.05) is 332 Å². The van der Waals surface area contributed by atoms with Gasteiger partial charge < -0.3 is 30.3 Å². The Balaban J connectivity index is 0.000000215. The SMILES string of the molecule is CCCCCCCCCCCCCCCCCCc1c(C)cc(-c2[nH]c(O)c3c2C(=O)N=C3c2cc(Br)c(CCCCCCCCCCCCCCCCCC)c(Br)c2)cc1Br.CCc1c(Br)cc(C2=NC(=O)c3c(-c4cc(Br)c(CC)c(Br)c4)[nH]c(O)c32)cc1Br.[C-]#[N+]c1cc(C2=NC(=O)c3c(-c4cc(C#N)c(C)c([N+]#[C-])c4)[nH]c(O)c32)cc(C#N)c1C. The summed E-state index contributed by atoms with van der Waals surface area (Å²) >= 11 is 26.0. The number of aromatic amines is 3. The monoisotopic (exact) mass is 2110 g/mol. The van der Waals surface area contributed by atoms with Gasteiger partial charge in [-0.3, -0.25) is 14.4 Å². The van der Waals surface area contributed by atoms with Gasteiger partial charge >= 0.3 is 0 Å². The van der Waals surface area contributed by atoms with Crippen LogP contribution in [-0.2, 0) is 25.7 Å². The summed E-state index contributed by atoms with van der Waals surface area (Å²) in [6, 6.07) is 26.3. The Morgan fingerprint density at radius 2 is 0.573 bits per heavy atom. The lowest BCUT2D eigenvalue weighted by molar-refractivity contribution is 0.0998. The Morgan fingerprint density at radius 3 is 0.863 bits per heavy atom. The Hall–Kier alpha value is -8.10. The van der Waals surface area contributed by atoms with E-state index in [1.807, 2.05) is 48.5 Å². The number of H-pyrrole nitrogens is 3. The van der Waals surface area contributed by atoms with Crippen molar-refractivity contribution >= 4 is 158 Å². The number of amides is 3. The molecule has 3 aliphatic rings. The van der Waals surface area contributed by atoms with Crippen LogP contribution in [0.2, 0.25) is 0 Å². The van der Waals surface area contributed by atoms with E-state index in [9.17, 15) is 40.2 Å². The van der Waals surface area contributed by atoms with Crippen molar-refractivity contribution in [1.29, 1.82) is 10.5 Å². The molecular formula is C101H111Br7N10O6. The van der Waals surface area contributed by atoms with Crippen molar-refractivity contribution in [2.45, 2.75) is 280 Å². The topological polar surface area (TPSA) is 253 Å². The van der Waals surface area contributed by atoms with Crippen LogP contribution in [0.15, 0.2) is 119 Å². The Bertz CT molecular complexity index is 5510. The van der Waals surface area contributed by atoms with Gasteiger partial charge in [-0.2, -0.15) is 10.5 Å². The number of aliphatic imine (C=N–C) groups is 3. The molecule has 0 fully saturated rings. The molecule has 650 valence electrons. The molecule has 16 nitrogen and oxygen atoms in total. The molecule has 12 rings (SSSR count). The molecule has 23 heteroatoms. The van der Waals surface area contributed by atoms with E-state index in [2.05, 4.69) is 198 Å². The van der Waals surface area contributed by atoms with Crippen molar-refractivity contribution in [3.05, 3.63) is 227 Å². The number of hydrogen-bond donors (Lipinski definition) is 6. The van der Waals surface area contributed by atoms with Crippen LogP contribution in [-0.4, -0.2) is 65.1 Å². The highest BCUT2D eigenvalue weighted by atomic mass is 79.9. The number of aromatic hydroxyl groups is 3. The maximum absolute atomic E-state index is 13.5. The molecule has 0 aliphatic carbocycles. The maximum Gasteiger partial charge on any atom is 0.280 e. The number of carbonyl (C=O) groups excluding carboxylic acids is 3. The van der Waals surface area contributed by atoms with Gasteiger partial charge in [0.1, 0.15) is 0 Å². The van der Waals surface area contributed by atoms with E-state index in [0.29, 0.717) is 67.3 Å². The third-order valence-corrected chi connectivity index (χ3v) is 28.9. The highest BCUT2D eigenvalue weighted by Gasteiger charge is 2.38. The average molecular weight is 2120 g/mol. The number of nitriles is 2. The minimum Gasteiger partial charge on any atom is -0.494 e. The summed E-state index contributed by atoms with van der Waals surface area (Å²) in [5.74, 6) is -1.71. The molecule has 124 heavy (non-hydrogen) atoms. The molecular weight excluding hydrogens is 2010 g/mol. The number of unbranched alkanes of at least 4 members (excludes halogenated alkanes) is 30. The van der Waals surface area contributed by atoms with E-state index in [4.69, 9.17) is 13.1 Å². The zero-order valence-electron chi connectivity index (χ0n) is 72.2.